The minimum absolute atomic E-state index is 0.0512. The van der Waals surface area contributed by atoms with Crippen molar-refractivity contribution in [1.82, 2.24) is 13.7 Å². The summed E-state index contributed by atoms with van der Waals surface area (Å²) in [5.74, 6) is 0. The van der Waals surface area contributed by atoms with Crippen molar-refractivity contribution >= 4 is 45.4 Å². The molecule has 2 heterocycles. The monoisotopic (exact) mass is 541 g/mol. The third-order valence-corrected chi connectivity index (χ3v) is 10.4. The second-order valence-electron chi connectivity index (χ2n) is 8.96. The summed E-state index contributed by atoms with van der Waals surface area (Å²) in [7, 11) is 0.894. The van der Waals surface area contributed by atoms with Gasteiger partial charge in [0.05, 0.1) is 12.0 Å². The fraction of sp³-hybridized carbons (Fsp3) is 0.107. The molecule has 0 aliphatic carbocycles. The highest BCUT2D eigenvalue weighted by molar-refractivity contribution is 7.87. The lowest BCUT2D eigenvalue weighted by Gasteiger charge is -2.27. The van der Waals surface area contributed by atoms with Crippen molar-refractivity contribution in [1.29, 1.82) is 0 Å². The SMILES string of the molecule is Cn1c(=O)c2c(N=P(c3ccccc3)(c3ccccc3)c3ccccc3)c([N+](=O)[O-])c(=O)n(C)c2n(C)c1=O. The molecule has 3 aromatic carbocycles. The highest BCUT2D eigenvalue weighted by atomic mass is 31.2. The quantitative estimate of drug-likeness (QED) is 0.192. The lowest BCUT2D eigenvalue weighted by atomic mass is 10.2. The van der Waals surface area contributed by atoms with E-state index >= 15 is 0 Å². The molecule has 39 heavy (non-hydrogen) atoms. The van der Waals surface area contributed by atoms with E-state index in [1.807, 2.05) is 91.0 Å². The molecule has 0 bridgehead atoms. The van der Waals surface area contributed by atoms with Gasteiger partial charge >= 0.3 is 16.9 Å². The fourth-order valence-corrected chi connectivity index (χ4v) is 8.42. The summed E-state index contributed by atoms with van der Waals surface area (Å²) >= 11 is 0. The Hall–Kier alpha value is -4.82. The Bertz CT molecular complexity index is 1880. The maximum Gasteiger partial charge on any atom is 0.360 e. The first kappa shape index (κ1) is 25.8. The van der Waals surface area contributed by atoms with E-state index in [9.17, 15) is 24.5 Å². The summed E-state index contributed by atoms with van der Waals surface area (Å²) in [6.07, 6.45) is 0. The van der Waals surface area contributed by atoms with Crippen LogP contribution in [0.2, 0.25) is 0 Å². The fourth-order valence-electron chi connectivity index (χ4n) is 4.87. The molecular weight excluding hydrogens is 517 g/mol. The second kappa shape index (κ2) is 9.81. The number of fused-ring (bicyclic) bond motifs is 1. The molecule has 0 amide bonds. The van der Waals surface area contributed by atoms with E-state index in [2.05, 4.69) is 0 Å². The number of pyridine rings is 1. The Morgan fingerprint density at radius 1 is 0.667 bits per heavy atom. The molecule has 0 aliphatic heterocycles. The van der Waals surface area contributed by atoms with Crippen LogP contribution in [0, 0.1) is 10.1 Å². The summed E-state index contributed by atoms with van der Waals surface area (Å²) in [4.78, 5) is 51.5. The predicted octanol–water partition coefficient (Wildman–Crippen LogP) is 2.65. The Balaban J connectivity index is 2.18. The molecule has 0 saturated carbocycles. The molecule has 0 N–H and O–H groups in total. The standard InChI is InChI=1S/C28H24N5O5P/c1-30-25-22(26(34)32(3)28(36)31(25)2)23(24(27(30)35)33(37)38)29-39(19-13-7-4-8-14-19,20-15-9-5-10-16-20)21-17-11-6-12-18-21/h4-18H,1-3H3. The average molecular weight is 542 g/mol. The van der Waals surface area contributed by atoms with Crippen molar-refractivity contribution in [2.75, 3.05) is 0 Å². The number of aryl methyl sites for hydroxylation is 2. The molecule has 0 saturated heterocycles. The van der Waals surface area contributed by atoms with Crippen molar-refractivity contribution < 1.29 is 4.92 Å². The lowest BCUT2D eigenvalue weighted by molar-refractivity contribution is -0.385. The molecule has 0 fully saturated rings. The van der Waals surface area contributed by atoms with Crippen LogP contribution in [0.25, 0.3) is 11.0 Å². The van der Waals surface area contributed by atoms with Crippen LogP contribution < -0.4 is 32.7 Å². The number of nitro groups is 1. The predicted molar refractivity (Wildman–Crippen MR) is 154 cm³/mol. The molecule has 10 nitrogen and oxygen atoms in total. The zero-order chi connectivity index (χ0) is 27.9. The van der Waals surface area contributed by atoms with Crippen molar-refractivity contribution in [3.8, 4) is 0 Å². The second-order valence-corrected chi connectivity index (χ2v) is 12.0. The van der Waals surface area contributed by atoms with Crippen LogP contribution in [0.5, 0.6) is 0 Å². The smallest absolute Gasteiger partial charge is 0.291 e. The van der Waals surface area contributed by atoms with Crippen molar-refractivity contribution in [3.63, 3.8) is 0 Å². The van der Waals surface area contributed by atoms with Crippen molar-refractivity contribution in [2.24, 2.45) is 25.9 Å². The van der Waals surface area contributed by atoms with E-state index in [4.69, 9.17) is 4.74 Å². The van der Waals surface area contributed by atoms with E-state index in [-0.39, 0.29) is 16.7 Å². The van der Waals surface area contributed by atoms with Gasteiger partial charge in [-0.15, -0.1) is 0 Å². The van der Waals surface area contributed by atoms with E-state index in [1.165, 1.54) is 21.1 Å². The molecule has 5 rings (SSSR count). The highest BCUT2D eigenvalue weighted by Gasteiger charge is 2.34. The summed E-state index contributed by atoms with van der Waals surface area (Å²) < 4.78 is 8.11. The third-order valence-electron chi connectivity index (χ3n) is 6.74. The number of aromatic nitrogens is 3. The first-order valence-electron chi connectivity index (χ1n) is 12.0. The van der Waals surface area contributed by atoms with Gasteiger partial charge in [0, 0.05) is 37.1 Å². The summed E-state index contributed by atoms with van der Waals surface area (Å²) in [5.41, 5.74) is -3.64. The minimum Gasteiger partial charge on any atom is -0.291 e. The maximum absolute atomic E-state index is 13.6. The van der Waals surface area contributed by atoms with Gasteiger partial charge in [-0.05, 0) is 0 Å². The highest BCUT2D eigenvalue weighted by Crippen LogP contribution is 2.51. The van der Waals surface area contributed by atoms with Crippen molar-refractivity contribution in [3.05, 3.63) is 132 Å². The Kier molecular flexibility index (Phi) is 6.49. The van der Waals surface area contributed by atoms with Gasteiger partial charge in [-0.3, -0.25) is 33.4 Å². The zero-order valence-corrected chi connectivity index (χ0v) is 22.3. The van der Waals surface area contributed by atoms with Crippen LogP contribution in [0.15, 0.2) is 110 Å². The van der Waals surface area contributed by atoms with Gasteiger partial charge in [-0.2, -0.15) is 0 Å². The number of hydrogen-bond acceptors (Lipinski definition) is 6. The van der Waals surface area contributed by atoms with Gasteiger partial charge in [-0.25, -0.2) is 9.54 Å². The van der Waals surface area contributed by atoms with Crippen LogP contribution >= 0.6 is 7.05 Å². The van der Waals surface area contributed by atoms with Crippen LogP contribution in [0.3, 0.4) is 0 Å². The molecular formula is C28H24N5O5P. The normalized spacial score (nSPS) is 11.5. The first-order valence-corrected chi connectivity index (χ1v) is 13.7. The Morgan fingerprint density at radius 2 is 1.10 bits per heavy atom. The van der Waals surface area contributed by atoms with Crippen LogP contribution in [-0.4, -0.2) is 18.6 Å². The average Bonchev–Trinajstić information content (AvgIpc) is 2.96. The van der Waals surface area contributed by atoms with Gasteiger partial charge in [0.25, 0.3) is 5.56 Å². The topological polar surface area (TPSA) is 122 Å². The molecule has 0 spiro atoms. The maximum atomic E-state index is 13.6. The van der Waals surface area contributed by atoms with E-state index in [0.717, 1.165) is 29.6 Å². The number of nitrogens with zero attached hydrogens (tertiary/aromatic N) is 5. The lowest BCUT2D eigenvalue weighted by Crippen LogP contribution is -2.39. The molecule has 0 aliphatic rings. The van der Waals surface area contributed by atoms with Gasteiger partial charge in [-0.1, -0.05) is 91.0 Å². The van der Waals surface area contributed by atoms with Crippen molar-refractivity contribution in [2.45, 2.75) is 0 Å². The largest absolute Gasteiger partial charge is 0.360 e. The van der Waals surface area contributed by atoms with Crippen LogP contribution in [0.1, 0.15) is 0 Å². The first-order chi connectivity index (χ1) is 18.7. The molecule has 0 unspecified atom stereocenters. The van der Waals surface area contributed by atoms with Gasteiger partial charge in [0.2, 0.25) is 0 Å². The van der Waals surface area contributed by atoms with E-state index in [1.54, 1.807) is 0 Å². The van der Waals surface area contributed by atoms with E-state index in [0.29, 0.717) is 0 Å². The molecule has 11 heteroatoms. The minimum atomic E-state index is -3.11. The van der Waals surface area contributed by atoms with E-state index < -0.39 is 34.5 Å². The molecule has 5 aromatic rings. The third kappa shape index (κ3) is 3.97. The summed E-state index contributed by atoms with van der Waals surface area (Å²) in [6, 6.07) is 28.0. The number of rotatable bonds is 5. The van der Waals surface area contributed by atoms with Crippen LogP contribution in [0.4, 0.5) is 11.4 Å². The Morgan fingerprint density at radius 3 is 1.51 bits per heavy atom. The molecule has 0 radical (unpaired) electrons. The van der Waals surface area contributed by atoms with Gasteiger partial charge in [0.1, 0.15) is 11.0 Å². The summed E-state index contributed by atoms with van der Waals surface area (Å²) in [5, 5.41) is 14.6. The molecule has 0 atom stereocenters. The zero-order valence-electron chi connectivity index (χ0n) is 21.4. The summed E-state index contributed by atoms with van der Waals surface area (Å²) in [6.45, 7) is 0. The Labute approximate surface area is 222 Å². The number of hydrogen-bond donors (Lipinski definition) is 0. The molecule has 196 valence electrons. The number of benzene rings is 3. The van der Waals surface area contributed by atoms with Gasteiger partial charge < -0.3 is 0 Å². The van der Waals surface area contributed by atoms with Crippen LogP contribution in [-0.2, 0) is 21.1 Å². The molecule has 2 aromatic heterocycles. The van der Waals surface area contributed by atoms with Gasteiger partial charge in [0.15, 0.2) is 5.69 Å².